The number of ether oxygens (including phenoxy) is 1. The van der Waals surface area contributed by atoms with Gasteiger partial charge in [-0.15, -0.1) is 5.10 Å². The van der Waals surface area contributed by atoms with Crippen molar-refractivity contribution in [3.8, 4) is 22.8 Å². The molecule has 12 heteroatoms. The number of alkyl halides is 3. The van der Waals surface area contributed by atoms with Crippen LogP contribution >= 0.6 is 11.7 Å². The summed E-state index contributed by atoms with van der Waals surface area (Å²) < 4.78 is 55.9. The molecule has 0 saturated carbocycles. The topological polar surface area (TPSA) is 90.1 Å². The molecule has 0 amide bonds. The molecule has 3 aromatic heterocycles. The molecular weight excluding hydrogens is 491 g/mol. The molecule has 36 heavy (non-hydrogen) atoms. The van der Waals surface area contributed by atoms with Crippen molar-refractivity contribution in [1.82, 2.24) is 28.3 Å². The Morgan fingerprint density at radius 1 is 0.806 bits per heavy atom. The highest BCUT2D eigenvalue weighted by atomic mass is 32.1. The van der Waals surface area contributed by atoms with Crippen molar-refractivity contribution < 1.29 is 17.9 Å². The monoisotopic (exact) mass is 505 g/mol. The molecule has 1 N–H and O–H groups in total. The fraction of sp³-hybridized carbons (Fsp3) is 0.0417. The van der Waals surface area contributed by atoms with E-state index in [1.54, 1.807) is 60.7 Å². The van der Waals surface area contributed by atoms with E-state index in [0.29, 0.717) is 22.7 Å². The van der Waals surface area contributed by atoms with Crippen LogP contribution < -0.4 is 10.1 Å². The van der Waals surface area contributed by atoms with Crippen LogP contribution in [-0.4, -0.2) is 28.3 Å². The number of halogens is 3. The van der Waals surface area contributed by atoms with E-state index >= 15 is 0 Å². The number of fused-ring (bicyclic) bond motifs is 2. The molecule has 0 saturated heterocycles. The number of hydrogen-bond donors (Lipinski definition) is 1. The molecule has 0 spiro atoms. The lowest BCUT2D eigenvalue weighted by molar-refractivity contribution is -0.141. The van der Waals surface area contributed by atoms with E-state index < -0.39 is 11.9 Å². The Labute approximate surface area is 205 Å². The second-order valence-corrected chi connectivity index (χ2v) is 8.23. The number of rotatable bonds is 5. The van der Waals surface area contributed by atoms with Gasteiger partial charge in [0.2, 0.25) is 5.95 Å². The minimum atomic E-state index is -4.62. The van der Waals surface area contributed by atoms with Gasteiger partial charge in [0, 0.05) is 17.3 Å². The van der Waals surface area contributed by atoms with E-state index in [2.05, 4.69) is 29.1 Å². The molecule has 6 aromatic rings. The summed E-state index contributed by atoms with van der Waals surface area (Å²) in [6.45, 7) is 0. The Kier molecular flexibility index (Phi) is 5.22. The third-order valence-corrected chi connectivity index (χ3v) is 5.80. The van der Waals surface area contributed by atoms with E-state index in [1.165, 1.54) is 4.52 Å². The van der Waals surface area contributed by atoms with Gasteiger partial charge in [0.25, 0.3) is 5.78 Å². The highest BCUT2D eigenvalue weighted by Crippen LogP contribution is 2.32. The number of aromatic nitrogens is 6. The van der Waals surface area contributed by atoms with Crippen LogP contribution in [0, 0.1) is 0 Å². The fourth-order valence-electron chi connectivity index (χ4n) is 3.58. The molecule has 0 unspecified atom stereocenters. The first-order valence-electron chi connectivity index (χ1n) is 10.6. The van der Waals surface area contributed by atoms with Crippen molar-refractivity contribution in [1.29, 1.82) is 0 Å². The van der Waals surface area contributed by atoms with Crippen molar-refractivity contribution in [2.24, 2.45) is 0 Å². The molecule has 6 rings (SSSR count). The molecule has 178 valence electrons. The summed E-state index contributed by atoms with van der Waals surface area (Å²) in [6, 6.07) is 22.1. The van der Waals surface area contributed by atoms with Crippen molar-refractivity contribution >= 4 is 40.2 Å². The molecule has 8 nitrogen and oxygen atoms in total. The minimum absolute atomic E-state index is 0.106. The summed E-state index contributed by atoms with van der Waals surface area (Å²) in [5.41, 5.74) is 1.92. The lowest BCUT2D eigenvalue weighted by Crippen LogP contribution is -2.11. The maximum absolute atomic E-state index is 13.5. The Hall–Kier alpha value is -4.58. The third kappa shape index (κ3) is 4.29. The number of nitrogens with one attached hydrogen (secondary N) is 1. The van der Waals surface area contributed by atoms with Crippen LogP contribution in [0.4, 0.5) is 24.8 Å². The van der Waals surface area contributed by atoms with Crippen molar-refractivity contribution in [3.05, 3.63) is 84.6 Å². The van der Waals surface area contributed by atoms with Gasteiger partial charge in [-0.05, 0) is 42.5 Å². The van der Waals surface area contributed by atoms with Crippen LogP contribution in [0.25, 0.3) is 28.1 Å². The minimum Gasteiger partial charge on any atom is -0.457 e. The van der Waals surface area contributed by atoms with Crippen LogP contribution in [0.5, 0.6) is 11.5 Å². The summed E-state index contributed by atoms with van der Waals surface area (Å²) in [5.74, 6) is 1.15. The maximum Gasteiger partial charge on any atom is 0.433 e. The number of hydrogen-bond acceptors (Lipinski definition) is 8. The third-order valence-electron chi connectivity index (χ3n) is 5.24. The van der Waals surface area contributed by atoms with Gasteiger partial charge in [0.05, 0.1) is 17.4 Å². The zero-order valence-corrected chi connectivity index (χ0v) is 19.0. The lowest BCUT2D eigenvalue weighted by Gasteiger charge is -2.09. The molecule has 0 fully saturated rings. The quantitative estimate of drug-likeness (QED) is 0.292. The highest BCUT2D eigenvalue weighted by molar-refractivity contribution is 7.00. The van der Waals surface area contributed by atoms with Crippen molar-refractivity contribution in [2.45, 2.75) is 6.18 Å². The van der Waals surface area contributed by atoms with Gasteiger partial charge in [-0.25, -0.2) is 4.98 Å². The largest absolute Gasteiger partial charge is 0.457 e. The molecule has 0 atom stereocenters. The average molecular weight is 505 g/mol. The summed E-state index contributed by atoms with van der Waals surface area (Å²) in [5, 5.41) is 7.35. The summed E-state index contributed by atoms with van der Waals surface area (Å²) in [4.78, 5) is 7.84. The van der Waals surface area contributed by atoms with Gasteiger partial charge < -0.3 is 10.1 Å². The van der Waals surface area contributed by atoms with Gasteiger partial charge in [-0.1, -0.05) is 30.3 Å². The Bertz CT molecular complexity index is 1680. The van der Waals surface area contributed by atoms with Crippen LogP contribution in [0.1, 0.15) is 5.69 Å². The molecule has 0 aliphatic rings. The van der Waals surface area contributed by atoms with Gasteiger partial charge in [-0.2, -0.15) is 31.4 Å². The molecule has 0 bridgehead atoms. The lowest BCUT2D eigenvalue weighted by atomic mass is 10.1. The van der Waals surface area contributed by atoms with Gasteiger partial charge in [0.1, 0.15) is 22.5 Å². The molecule has 0 aliphatic carbocycles. The number of benzene rings is 3. The summed E-state index contributed by atoms with van der Waals surface area (Å²) in [7, 11) is 0. The van der Waals surface area contributed by atoms with Crippen LogP contribution in [0.2, 0.25) is 0 Å². The molecule has 0 radical (unpaired) electrons. The van der Waals surface area contributed by atoms with E-state index in [4.69, 9.17) is 4.74 Å². The average Bonchev–Trinajstić information content (AvgIpc) is 3.50. The van der Waals surface area contributed by atoms with Crippen molar-refractivity contribution in [3.63, 3.8) is 0 Å². The second kappa shape index (κ2) is 8.57. The second-order valence-electron chi connectivity index (χ2n) is 7.70. The van der Waals surface area contributed by atoms with Gasteiger partial charge in [0.15, 0.2) is 5.69 Å². The number of anilines is 2. The Morgan fingerprint density at radius 3 is 2.33 bits per heavy atom. The first-order chi connectivity index (χ1) is 17.4. The first kappa shape index (κ1) is 21.9. The molecule has 3 heterocycles. The smallest absolute Gasteiger partial charge is 0.433 e. The van der Waals surface area contributed by atoms with Gasteiger partial charge in [-0.3, -0.25) is 0 Å². The first-order valence-corrected chi connectivity index (χ1v) is 11.3. The van der Waals surface area contributed by atoms with Gasteiger partial charge >= 0.3 is 6.18 Å². The van der Waals surface area contributed by atoms with E-state index in [0.717, 1.165) is 28.8 Å². The van der Waals surface area contributed by atoms with E-state index in [9.17, 15) is 13.2 Å². The Morgan fingerprint density at radius 2 is 1.56 bits per heavy atom. The van der Waals surface area contributed by atoms with E-state index in [1.807, 2.05) is 12.1 Å². The predicted molar refractivity (Wildman–Crippen MR) is 128 cm³/mol. The molecule has 0 aliphatic heterocycles. The maximum atomic E-state index is 13.5. The molecule has 3 aromatic carbocycles. The van der Waals surface area contributed by atoms with Crippen molar-refractivity contribution in [2.75, 3.05) is 5.32 Å². The zero-order chi connectivity index (χ0) is 24.7. The normalized spacial score (nSPS) is 11.8. The zero-order valence-electron chi connectivity index (χ0n) is 18.1. The van der Waals surface area contributed by atoms with Crippen LogP contribution in [0.15, 0.2) is 78.9 Å². The van der Waals surface area contributed by atoms with E-state index in [-0.39, 0.29) is 17.4 Å². The fourth-order valence-corrected chi connectivity index (χ4v) is 4.10. The molecular formula is C24H14F3N7OS. The number of nitrogens with zero attached hydrogens (tertiary/aromatic N) is 6. The van der Waals surface area contributed by atoms with Crippen LogP contribution in [0.3, 0.4) is 0 Å². The standard InChI is InChI=1S/C24H14F3N7OS/c25-24(26,27)21-13-20(14-4-2-1-3-5-14)34-23(29-21)30-22(31-34)28-15-6-8-16(9-7-15)35-17-10-11-18-19(12-17)33-36-32-18/h1-13H,(H,28,31). The summed E-state index contributed by atoms with van der Waals surface area (Å²) >= 11 is 1.14. The predicted octanol–water partition coefficient (Wildman–Crippen LogP) is 6.35. The van der Waals surface area contributed by atoms with Crippen LogP contribution in [-0.2, 0) is 6.18 Å². The highest BCUT2D eigenvalue weighted by Gasteiger charge is 2.34. The SMILES string of the molecule is FC(F)(F)c1cc(-c2ccccc2)n2nc(Nc3ccc(Oc4ccc5nsnc5c4)cc3)nc2n1. The summed E-state index contributed by atoms with van der Waals surface area (Å²) in [6.07, 6.45) is -4.62. The Balaban J connectivity index is 1.27.